The minimum absolute atomic E-state index is 0.242. The van der Waals surface area contributed by atoms with Crippen LogP contribution in [0.4, 0.5) is 5.69 Å². The van der Waals surface area contributed by atoms with E-state index in [9.17, 15) is 4.79 Å². The number of para-hydroxylation sites is 2. The number of thiocarbonyl (C=S) groups is 1. The Morgan fingerprint density at radius 3 is 2.63 bits per heavy atom. The molecule has 7 nitrogen and oxygen atoms in total. The highest BCUT2D eigenvalue weighted by Crippen LogP contribution is 2.31. The molecule has 0 saturated carbocycles. The number of amides is 1. The number of carbonyl (C=O) groups is 1. The van der Waals surface area contributed by atoms with Crippen LogP contribution in [0, 0.1) is 0 Å². The third-order valence-corrected chi connectivity index (χ3v) is 5.00. The average Bonchev–Trinajstić information content (AvgIpc) is 3.36. The Hall–Kier alpha value is -3.65. The van der Waals surface area contributed by atoms with Gasteiger partial charge in [0, 0.05) is 18.0 Å². The van der Waals surface area contributed by atoms with Crippen molar-refractivity contribution in [3.8, 4) is 11.5 Å². The second-order valence-corrected chi connectivity index (χ2v) is 6.96. The standard InChI is InChI=1S/C22H20N4O3S/c1-28-19-9-8-15(12-16(19)14-25-11-5-10-23-25)13-17-21(27)26(22(30)24-17)18-6-3-4-7-20(18)29-2/h3-13H,14H2,1-2H3,(H,24,30)/b17-13+. The van der Waals surface area contributed by atoms with Gasteiger partial charge in [0.25, 0.3) is 5.91 Å². The van der Waals surface area contributed by atoms with Crippen molar-refractivity contribution in [3.05, 3.63) is 77.7 Å². The molecule has 0 atom stereocenters. The highest BCUT2D eigenvalue weighted by molar-refractivity contribution is 7.80. The smallest absolute Gasteiger partial charge is 0.281 e. The number of rotatable bonds is 6. The van der Waals surface area contributed by atoms with Crippen molar-refractivity contribution >= 4 is 35.0 Å². The third-order valence-electron chi connectivity index (χ3n) is 4.71. The molecule has 0 unspecified atom stereocenters. The molecule has 0 aliphatic carbocycles. The zero-order chi connectivity index (χ0) is 21.1. The number of hydrogen-bond donors (Lipinski definition) is 1. The fraction of sp³-hybridized carbons (Fsp3) is 0.136. The van der Waals surface area contributed by atoms with Crippen LogP contribution in [0.3, 0.4) is 0 Å². The van der Waals surface area contributed by atoms with Crippen molar-refractivity contribution in [2.75, 3.05) is 19.1 Å². The van der Waals surface area contributed by atoms with Crippen LogP contribution in [0.25, 0.3) is 6.08 Å². The van der Waals surface area contributed by atoms with E-state index in [1.54, 1.807) is 38.6 Å². The second kappa shape index (κ2) is 8.38. The van der Waals surface area contributed by atoms with E-state index < -0.39 is 0 Å². The van der Waals surface area contributed by atoms with Crippen molar-refractivity contribution in [3.63, 3.8) is 0 Å². The number of benzene rings is 2. The first-order chi connectivity index (χ1) is 14.6. The van der Waals surface area contributed by atoms with Crippen LogP contribution < -0.4 is 19.7 Å². The number of hydrogen-bond acceptors (Lipinski definition) is 5. The molecule has 0 spiro atoms. The minimum Gasteiger partial charge on any atom is -0.496 e. The van der Waals surface area contributed by atoms with Gasteiger partial charge in [0.2, 0.25) is 0 Å². The minimum atomic E-state index is -0.242. The maximum atomic E-state index is 13.1. The molecule has 1 amide bonds. The Morgan fingerprint density at radius 2 is 1.90 bits per heavy atom. The largest absolute Gasteiger partial charge is 0.496 e. The monoisotopic (exact) mass is 420 g/mol. The van der Waals surface area contributed by atoms with Crippen molar-refractivity contribution in [1.82, 2.24) is 15.1 Å². The quantitative estimate of drug-likeness (QED) is 0.488. The number of aromatic nitrogens is 2. The summed E-state index contributed by atoms with van der Waals surface area (Å²) in [4.78, 5) is 14.5. The molecule has 0 bridgehead atoms. The number of carbonyl (C=O) groups excluding carboxylic acids is 1. The normalized spacial score (nSPS) is 14.9. The van der Waals surface area contributed by atoms with E-state index in [0.717, 1.165) is 16.9 Å². The van der Waals surface area contributed by atoms with E-state index in [2.05, 4.69) is 10.4 Å². The number of methoxy groups -OCH3 is 2. The van der Waals surface area contributed by atoms with E-state index in [4.69, 9.17) is 21.7 Å². The van der Waals surface area contributed by atoms with E-state index in [0.29, 0.717) is 28.8 Å². The van der Waals surface area contributed by atoms with Crippen LogP contribution in [0.5, 0.6) is 11.5 Å². The van der Waals surface area contributed by atoms with Crippen molar-refractivity contribution < 1.29 is 14.3 Å². The molecule has 1 aromatic heterocycles. The van der Waals surface area contributed by atoms with Gasteiger partial charge in [-0.1, -0.05) is 18.2 Å². The third kappa shape index (κ3) is 3.77. The molecule has 1 N–H and O–H groups in total. The number of nitrogens with one attached hydrogen (secondary N) is 1. The van der Waals surface area contributed by atoms with E-state index >= 15 is 0 Å². The molecular weight excluding hydrogens is 400 g/mol. The maximum Gasteiger partial charge on any atom is 0.281 e. The lowest BCUT2D eigenvalue weighted by molar-refractivity contribution is -0.113. The second-order valence-electron chi connectivity index (χ2n) is 6.58. The van der Waals surface area contributed by atoms with Crippen molar-refractivity contribution in [1.29, 1.82) is 0 Å². The Morgan fingerprint density at radius 1 is 1.10 bits per heavy atom. The lowest BCUT2D eigenvalue weighted by Crippen LogP contribution is -2.30. The Balaban J connectivity index is 1.65. The first-order valence-electron chi connectivity index (χ1n) is 9.25. The Kier molecular flexibility index (Phi) is 5.49. The summed E-state index contributed by atoms with van der Waals surface area (Å²) in [5, 5.41) is 7.56. The highest BCUT2D eigenvalue weighted by atomic mass is 32.1. The summed E-state index contributed by atoms with van der Waals surface area (Å²) in [7, 11) is 3.19. The molecule has 2 heterocycles. The Bertz CT molecular complexity index is 1130. The molecule has 30 heavy (non-hydrogen) atoms. The lowest BCUT2D eigenvalue weighted by atomic mass is 10.1. The van der Waals surface area contributed by atoms with Crippen LogP contribution in [-0.4, -0.2) is 35.0 Å². The van der Waals surface area contributed by atoms with Crippen LogP contribution in [0.2, 0.25) is 0 Å². The molecule has 1 aliphatic rings. The van der Waals surface area contributed by atoms with E-state index in [1.165, 1.54) is 4.90 Å². The number of ether oxygens (including phenoxy) is 2. The predicted molar refractivity (Wildman–Crippen MR) is 119 cm³/mol. The summed E-state index contributed by atoms with van der Waals surface area (Å²) in [6.45, 7) is 0.556. The Labute approximate surface area is 179 Å². The van der Waals surface area contributed by atoms with Crippen LogP contribution in [0.1, 0.15) is 11.1 Å². The van der Waals surface area contributed by atoms with Gasteiger partial charge in [-0.05, 0) is 54.2 Å². The molecule has 8 heteroatoms. The molecule has 1 fully saturated rings. The van der Waals surface area contributed by atoms with Gasteiger partial charge in [0.05, 0.1) is 26.5 Å². The number of anilines is 1. The van der Waals surface area contributed by atoms with Gasteiger partial charge in [0.1, 0.15) is 17.2 Å². The molecule has 1 aliphatic heterocycles. The summed E-state index contributed by atoms with van der Waals surface area (Å²) in [6.07, 6.45) is 5.39. The van der Waals surface area contributed by atoms with Crippen LogP contribution in [-0.2, 0) is 11.3 Å². The van der Waals surface area contributed by atoms with Crippen LogP contribution >= 0.6 is 12.2 Å². The van der Waals surface area contributed by atoms with E-state index in [-0.39, 0.29) is 5.91 Å². The maximum absolute atomic E-state index is 13.1. The molecule has 2 aromatic carbocycles. The van der Waals surface area contributed by atoms with Crippen molar-refractivity contribution in [2.45, 2.75) is 6.54 Å². The molecule has 1 saturated heterocycles. The van der Waals surface area contributed by atoms with E-state index in [1.807, 2.05) is 47.3 Å². The predicted octanol–water partition coefficient (Wildman–Crippen LogP) is 3.21. The molecule has 152 valence electrons. The van der Waals surface area contributed by atoms with Gasteiger partial charge in [-0.25, -0.2) is 4.90 Å². The first-order valence-corrected chi connectivity index (χ1v) is 9.66. The SMILES string of the molecule is COc1ccc(/C=C2/NC(=S)N(c3ccccc3OC)C2=O)cc1Cn1cccn1. The first kappa shape index (κ1) is 19.7. The summed E-state index contributed by atoms with van der Waals surface area (Å²) in [6, 6.07) is 14.9. The fourth-order valence-corrected chi connectivity index (χ4v) is 3.61. The lowest BCUT2D eigenvalue weighted by Gasteiger charge is -2.17. The van der Waals surface area contributed by atoms with Gasteiger partial charge in [0.15, 0.2) is 5.11 Å². The van der Waals surface area contributed by atoms with Crippen LogP contribution in [0.15, 0.2) is 66.6 Å². The summed E-state index contributed by atoms with van der Waals surface area (Å²) >= 11 is 5.41. The van der Waals surface area contributed by atoms with Gasteiger partial charge in [-0.2, -0.15) is 5.10 Å². The van der Waals surface area contributed by atoms with Crippen molar-refractivity contribution in [2.24, 2.45) is 0 Å². The topological polar surface area (TPSA) is 68.6 Å². The summed E-state index contributed by atoms with van der Waals surface area (Å²) < 4.78 is 12.7. The summed E-state index contributed by atoms with van der Waals surface area (Å²) in [5.41, 5.74) is 2.78. The summed E-state index contributed by atoms with van der Waals surface area (Å²) in [5.74, 6) is 1.08. The molecule has 4 rings (SSSR count). The zero-order valence-corrected chi connectivity index (χ0v) is 17.3. The molecule has 0 radical (unpaired) electrons. The molecular formula is C22H20N4O3S. The fourth-order valence-electron chi connectivity index (χ4n) is 3.32. The van der Waals surface area contributed by atoms with Gasteiger partial charge < -0.3 is 14.8 Å². The van der Waals surface area contributed by atoms with Gasteiger partial charge >= 0.3 is 0 Å². The number of nitrogens with zero attached hydrogens (tertiary/aromatic N) is 3. The average molecular weight is 420 g/mol. The zero-order valence-electron chi connectivity index (χ0n) is 16.5. The highest BCUT2D eigenvalue weighted by Gasteiger charge is 2.33. The molecule has 3 aromatic rings. The van der Waals surface area contributed by atoms with Gasteiger partial charge in [-0.15, -0.1) is 0 Å². The van der Waals surface area contributed by atoms with Gasteiger partial charge in [-0.3, -0.25) is 9.48 Å².